The number of nitrogens with one attached hydrogen (secondary N) is 1. The molecule has 2 amide bonds. The highest BCUT2D eigenvalue weighted by atomic mass is 16.6. The molecule has 8 nitrogen and oxygen atoms in total. The molecule has 36 heavy (non-hydrogen) atoms. The van der Waals surface area contributed by atoms with Gasteiger partial charge >= 0.3 is 18.2 Å². The minimum absolute atomic E-state index is 0.0562. The third-order valence-electron chi connectivity index (χ3n) is 7.62. The molecule has 1 aliphatic heterocycles. The van der Waals surface area contributed by atoms with Gasteiger partial charge < -0.3 is 24.8 Å². The SMILES string of the molecule is CC(C)(C)OC(=O)N[C@@H]1C[C@H]2CN(C(=O)OCC3c4ccccc4-c4ccccc43)C[C@@]2(C(=O)O)C1. The van der Waals surface area contributed by atoms with Crippen LogP contribution in [0.5, 0.6) is 0 Å². The summed E-state index contributed by atoms with van der Waals surface area (Å²) < 4.78 is 11.1. The van der Waals surface area contributed by atoms with Crippen molar-refractivity contribution in [2.75, 3.05) is 19.7 Å². The summed E-state index contributed by atoms with van der Waals surface area (Å²) in [5, 5.41) is 12.9. The second-order valence-electron chi connectivity index (χ2n) is 11.1. The summed E-state index contributed by atoms with van der Waals surface area (Å²) in [6.45, 7) is 5.88. The van der Waals surface area contributed by atoms with Crippen LogP contribution in [0, 0.1) is 11.3 Å². The van der Waals surface area contributed by atoms with Crippen LogP contribution >= 0.6 is 0 Å². The van der Waals surface area contributed by atoms with Crippen molar-refractivity contribution in [3.05, 3.63) is 59.7 Å². The minimum atomic E-state index is -1.11. The van der Waals surface area contributed by atoms with Crippen molar-refractivity contribution in [1.82, 2.24) is 10.2 Å². The molecule has 2 aliphatic carbocycles. The molecule has 2 aromatic rings. The molecule has 2 N–H and O–H groups in total. The Morgan fingerprint density at radius 1 is 1.06 bits per heavy atom. The second-order valence-corrected chi connectivity index (χ2v) is 11.1. The van der Waals surface area contributed by atoms with E-state index in [1.807, 2.05) is 24.3 Å². The number of alkyl carbamates (subject to hydrolysis) is 1. The molecule has 5 rings (SSSR count). The number of ether oxygens (including phenoxy) is 2. The van der Waals surface area contributed by atoms with Gasteiger partial charge in [0.05, 0.1) is 5.41 Å². The number of hydrogen-bond acceptors (Lipinski definition) is 5. The third kappa shape index (κ3) is 4.29. The Kier molecular flexibility index (Phi) is 5.93. The molecule has 0 unspecified atom stereocenters. The van der Waals surface area contributed by atoms with E-state index in [9.17, 15) is 19.5 Å². The average molecular weight is 493 g/mol. The van der Waals surface area contributed by atoms with Crippen LogP contribution in [-0.2, 0) is 14.3 Å². The largest absolute Gasteiger partial charge is 0.481 e. The lowest BCUT2D eigenvalue weighted by molar-refractivity contribution is -0.149. The number of carboxylic acids is 1. The molecule has 0 aromatic heterocycles. The summed E-state index contributed by atoms with van der Waals surface area (Å²) in [6, 6.07) is 15.9. The summed E-state index contributed by atoms with van der Waals surface area (Å²) in [6.07, 6.45) is -0.331. The van der Waals surface area contributed by atoms with Gasteiger partial charge in [0, 0.05) is 25.0 Å². The molecular formula is C28H32N2O6. The quantitative estimate of drug-likeness (QED) is 0.645. The Morgan fingerprint density at radius 2 is 1.67 bits per heavy atom. The van der Waals surface area contributed by atoms with E-state index in [2.05, 4.69) is 29.6 Å². The first-order valence-electron chi connectivity index (χ1n) is 12.4. The van der Waals surface area contributed by atoms with Crippen molar-refractivity contribution in [1.29, 1.82) is 0 Å². The number of aliphatic carboxylic acids is 1. The Labute approximate surface area is 210 Å². The summed E-state index contributed by atoms with van der Waals surface area (Å²) in [7, 11) is 0. The number of amides is 2. The van der Waals surface area contributed by atoms with Gasteiger partial charge in [-0.1, -0.05) is 48.5 Å². The number of fused-ring (bicyclic) bond motifs is 4. The lowest BCUT2D eigenvalue weighted by atomic mass is 9.81. The van der Waals surface area contributed by atoms with Crippen LogP contribution in [0.3, 0.4) is 0 Å². The molecule has 3 aliphatic rings. The maximum atomic E-state index is 13.1. The molecule has 2 aromatic carbocycles. The smallest absolute Gasteiger partial charge is 0.409 e. The molecule has 0 radical (unpaired) electrons. The first kappa shape index (κ1) is 24.2. The molecule has 1 heterocycles. The zero-order chi connectivity index (χ0) is 25.7. The predicted molar refractivity (Wildman–Crippen MR) is 133 cm³/mol. The second kappa shape index (κ2) is 8.84. The van der Waals surface area contributed by atoms with Gasteiger partial charge in [0.15, 0.2) is 0 Å². The van der Waals surface area contributed by atoms with Crippen LogP contribution in [0.1, 0.15) is 50.7 Å². The van der Waals surface area contributed by atoms with Gasteiger partial charge in [-0.2, -0.15) is 0 Å². The Hall–Kier alpha value is -3.55. The number of benzene rings is 2. The Morgan fingerprint density at radius 3 is 2.22 bits per heavy atom. The van der Waals surface area contributed by atoms with Crippen LogP contribution in [0.4, 0.5) is 9.59 Å². The van der Waals surface area contributed by atoms with E-state index in [1.165, 1.54) is 4.90 Å². The van der Waals surface area contributed by atoms with Gasteiger partial charge in [-0.15, -0.1) is 0 Å². The van der Waals surface area contributed by atoms with Crippen molar-refractivity contribution in [3.63, 3.8) is 0 Å². The zero-order valence-corrected chi connectivity index (χ0v) is 20.8. The van der Waals surface area contributed by atoms with Gasteiger partial charge in [-0.05, 0) is 61.8 Å². The highest BCUT2D eigenvalue weighted by molar-refractivity contribution is 5.80. The van der Waals surface area contributed by atoms with E-state index in [0.717, 1.165) is 22.3 Å². The van der Waals surface area contributed by atoms with Crippen LogP contribution < -0.4 is 5.32 Å². The molecule has 2 fully saturated rings. The minimum Gasteiger partial charge on any atom is -0.481 e. The highest BCUT2D eigenvalue weighted by Crippen LogP contribution is 2.49. The fourth-order valence-electron chi connectivity index (χ4n) is 6.11. The molecule has 0 bridgehead atoms. The number of likely N-dealkylation sites (tertiary alicyclic amines) is 1. The molecule has 1 saturated carbocycles. The predicted octanol–water partition coefficient (Wildman–Crippen LogP) is 4.63. The fraction of sp³-hybridized carbons (Fsp3) is 0.464. The van der Waals surface area contributed by atoms with Crippen molar-refractivity contribution in [2.24, 2.45) is 11.3 Å². The van der Waals surface area contributed by atoms with Crippen LogP contribution in [0.2, 0.25) is 0 Å². The number of carbonyl (C=O) groups excluding carboxylic acids is 2. The van der Waals surface area contributed by atoms with E-state index in [-0.39, 0.29) is 44.0 Å². The third-order valence-corrected chi connectivity index (χ3v) is 7.62. The number of nitrogens with zero attached hydrogens (tertiary/aromatic N) is 1. The van der Waals surface area contributed by atoms with E-state index in [0.29, 0.717) is 6.42 Å². The van der Waals surface area contributed by atoms with Gasteiger partial charge in [0.25, 0.3) is 0 Å². The maximum Gasteiger partial charge on any atom is 0.409 e. The number of hydrogen-bond donors (Lipinski definition) is 2. The molecule has 8 heteroatoms. The summed E-state index contributed by atoms with van der Waals surface area (Å²) in [4.78, 5) is 39.1. The summed E-state index contributed by atoms with van der Waals surface area (Å²) in [5.74, 6) is -1.27. The fourth-order valence-corrected chi connectivity index (χ4v) is 6.11. The van der Waals surface area contributed by atoms with Crippen LogP contribution in [0.15, 0.2) is 48.5 Å². The standard InChI is InChI=1S/C28H32N2O6/c1-27(2,3)36-25(33)29-18-12-17-14-30(16-28(17,13-18)24(31)32)26(34)35-15-23-21-10-6-4-8-19(21)20-9-5-7-11-22(20)23/h4-11,17-18,23H,12-16H2,1-3H3,(H,29,33)(H,31,32)/t17-,18+,28-/m0/s1. The van der Waals surface area contributed by atoms with Crippen molar-refractivity contribution in [2.45, 2.75) is 51.2 Å². The van der Waals surface area contributed by atoms with Gasteiger partial charge in [0.1, 0.15) is 12.2 Å². The lowest BCUT2D eigenvalue weighted by Gasteiger charge is -2.25. The topological polar surface area (TPSA) is 105 Å². The Balaban J connectivity index is 1.23. The molecule has 0 spiro atoms. The molecular weight excluding hydrogens is 460 g/mol. The van der Waals surface area contributed by atoms with Gasteiger partial charge in [-0.3, -0.25) is 4.79 Å². The van der Waals surface area contributed by atoms with Crippen molar-refractivity contribution in [3.8, 4) is 11.1 Å². The molecule has 3 atom stereocenters. The summed E-state index contributed by atoms with van der Waals surface area (Å²) >= 11 is 0. The molecule has 1 saturated heterocycles. The first-order chi connectivity index (χ1) is 17.1. The van der Waals surface area contributed by atoms with Crippen molar-refractivity contribution >= 4 is 18.2 Å². The highest BCUT2D eigenvalue weighted by Gasteiger charge is 2.59. The number of carboxylic acid groups (broad SMARTS) is 1. The van der Waals surface area contributed by atoms with Gasteiger partial charge in [-0.25, -0.2) is 9.59 Å². The maximum absolute atomic E-state index is 13.1. The van der Waals surface area contributed by atoms with Crippen LogP contribution in [-0.4, -0.2) is 59.5 Å². The normalized spacial score (nSPS) is 24.6. The van der Waals surface area contributed by atoms with Gasteiger partial charge in [0.2, 0.25) is 0 Å². The van der Waals surface area contributed by atoms with E-state index < -0.39 is 29.2 Å². The number of rotatable bonds is 4. The monoisotopic (exact) mass is 492 g/mol. The van der Waals surface area contributed by atoms with Crippen molar-refractivity contribution < 1.29 is 29.0 Å². The lowest BCUT2D eigenvalue weighted by Crippen LogP contribution is -2.42. The van der Waals surface area contributed by atoms with E-state index in [1.54, 1.807) is 20.8 Å². The van der Waals surface area contributed by atoms with Crippen LogP contribution in [0.25, 0.3) is 11.1 Å². The Bertz CT molecular complexity index is 1160. The molecule has 190 valence electrons. The average Bonchev–Trinajstić information content (AvgIpc) is 3.44. The number of carbonyl (C=O) groups is 3. The summed E-state index contributed by atoms with van der Waals surface area (Å²) in [5.41, 5.74) is 2.82. The zero-order valence-electron chi connectivity index (χ0n) is 20.8. The van der Waals surface area contributed by atoms with E-state index >= 15 is 0 Å². The first-order valence-corrected chi connectivity index (χ1v) is 12.4. The van der Waals surface area contributed by atoms with E-state index in [4.69, 9.17) is 9.47 Å².